The number of phenolic OH excluding ortho intramolecular Hbond substituents is 1. The molecule has 5 heteroatoms. The molecule has 0 aliphatic heterocycles. The number of benzene rings is 1. The van der Waals surface area contributed by atoms with Gasteiger partial charge in [0.25, 0.3) is 0 Å². The van der Waals surface area contributed by atoms with Gasteiger partial charge in [-0.1, -0.05) is 13.0 Å². The third kappa shape index (κ3) is 3.46. The van der Waals surface area contributed by atoms with Gasteiger partial charge in [0.15, 0.2) is 0 Å². The largest absolute Gasteiger partial charge is 0.508 e. The van der Waals surface area contributed by atoms with E-state index >= 15 is 0 Å². The van der Waals surface area contributed by atoms with E-state index in [2.05, 4.69) is 24.6 Å². The highest BCUT2D eigenvalue weighted by Gasteiger charge is 2.14. The van der Waals surface area contributed by atoms with E-state index in [-0.39, 0.29) is 11.4 Å². The van der Waals surface area contributed by atoms with Crippen LogP contribution >= 0.6 is 11.3 Å². The normalized spacial score (nSPS) is 12.6. The lowest BCUT2D eigenvalue weighted by atomic mass is 10.0. The van der Waals surface area contributed by atoms with Crippen LogP contribution in [0, 0.1) is 0 Å². The summed E-state index contributed by atoms with van der Waals surface area (Å²) < 4.78 is 5.25. The Bertz CT molecular complexity index is 868. The molecule has 2 N–H and O–H groups in total. The molecule has 3 rings (SSSR count). The number of aryl methyl sites for hydroxylation is 1. The smallest absolute Gasteiger partial charge is 0.336 e. The minimum absolute atomic E-state index is 0.180. The maximum Gasteiger partial charge on any atom is 0.336 e. The molecule has 1 aromatic carbocycles. The van der Waals surface area contributed by atoms with E-state index in [1.54, 1.807) is 23.5 Å². The number of hydrogen-bond donors (Lipinski definition) is 2. The predicted molar refractivity (Wildman–Crippen MR) is 92.1 cm³/mol. The Labute approximate surface area is 138 Å². The fourth-order valence-electron chi connectivity index (χ4n) is 2.83. The summed E-state index contributed by atoms with van der Waals surface area (Å²) in [6.07, 6.45) is 0.734. The summed E-state index contributed by atoms with van der Waals surface area (Å²) in [5, 5.41) is 13.0. The van der Waals surface area contributed by atoms with E-state index in [1.165, 1.54) is 9.78 Å². The first-order chi connectivity index (χ1) is 11.1. The number of phenols is 1. The van der Waals surface area contributed by atoms with E-state index in [4.69, 9.17) is 4.42 Å². The highest BCUT2D eigenvalue weighted by atomic mass is 32.1. The molecule has 0 aliphatic carbocycles. The van der Waals surface area contributed by atoms with Gasteiger partial charge in [-0.25, -0.2) is 4.79 Å². The van der Waals surface area contributed by atoms with Crippen LogP contribution in [0.3, 0.4) is 0 Å². The van der Waals surface area contributed by atoms with E-state index in [0.717, 1.165) is 36.0 Å². The number of hydrogen-bond acceptors (Lipinski definition) is 4. The van der Waals surface area contributed by atoms with Gasteiger partial charge in [-0.15, -0.1) is 11.3 Å². The zero-order chi connectivity index (χ0) is 16.4. The molecular formula is C18H20NO3S+. The van der Waals surface area contributed by atoms with Crippen molar-refractivity contribution in [3.63, 3.8) is 0 Å². The maximum absolute atomic E-state index is 11.8. The number of rotatable bonds is 5. The number of quaternary nitrogens is 1. The van der Waals surface area contributed by atoms with Crippen molar-refractivity contribution in [2.24, 2.45) is 0 Å². The molecule has 0 saturated heterocycles. The van der Waals surface area contributed by atoms with Crippen molar-refractivity contribution < 1.29 is 14.4 Å². The molecular weight excluding hydrogens is 310 g/mol. The topological polar surface area (TPSA) is 54.9 Å². The molecule has 2 aromatic heterocycles. The Balaban J connectivity index is 1.97. The predicted octanol–water partition coefficient (Wildman–Crippen LogP) is 2.34. The molecule has 120 valence electrons. The van der Waals surface area contributed by atoms with Crippen LogP contribution in [0.5, 0.6) is 5.75 Å². The van der Waals surface area contributed by atoms with Gasteiger partial charge >= 0.3 is 5.63 Å². The van der Waals surface area contributed by atoms with E-state index < -0.39 is 0 Å². The van der Waals surface area contributed by atoms with Crippen molar-refractivity contribution in [3.8, 4) is 5.75 Å². The van der Waals surface area contributed by atoms with Crippen LogP contribution in [0.1, 0.15) is 22.9 Å². The molecule has 23 heavy (non-hydrogen) atoms. The van der Waals surface area contributed by atoms with Gasteiger partial charge in [-0.2, -0.15) is 0 Å². The average molecular weight is 330 g/mol. The molecule has 0 fully saturated rings. The first kappa shape index (κ1) is 15.8. The van der Waals surface area contributed by atoms with Crippen molar-refractivity contribution >= 4 is 22.3 Å². The fourth-order valence-corrected chi connectivity index (χ4v) is 3.65. The SMILES string of the molecule is CCc1cc2c(C[NH+](C)Cc3cccs3)cc(=O)oc2cc1O. The van der Waals surface area contributed by atoms with Crippen LogP contribution in [0.15, 0.2) is 44.9 Å². The number of thiophene rings is 1. The molecule has 0 spiro atoms. The first-order valence-electron chi connectivity index (χ1n) is 7.69. The number of nitrogens with one attached hydrogen (secondary N) is 1. The lowest BCUT2D eigenvalue weighted by Gasteiger charge is -2.14. The van der Waals surface area contributed by atoms with Gasteiger partial charge in [-0.3, -0.25) is 0 Å². The average Bonchev–Trinajstić information content (AvgIpc) is 2.99. The van der Waals surface area contributed by atoms with Crippen LogP contribution in [-0.2, 0) is 19.5 Å². The molecule has 1 unspecified atom stereocenters. The monoisotopic (exact) mass is 330 g/mol. The number of aromatic hydroxyl groups is 1. The van der Waals surface area contributed by atoms with Gasteiger partial charge in [-0.05, 0) is 29.5 Å². The van der Waals surface area contributed by atoms with Crippen LogP contribution < -0.4 is 10.5 Å². The van der Waals surface area contributed by atoms with Crippen LogP contribution in [-0.4, -0.2) is 12.2 Å². The highest BCUT2D eigenvalue weighted by molar-refractivity contribution is 7.09. The van der Waals surface area contributed by atoms with Crippen molar-refractivity contribution in [2.45, 2.75) is 26.4 Å². The van der Waals surface area contributed by atoms with Crippen molar-refractivity contribution in [1.82, 2.24) is 0 Å². The first-order valence-corrected chi connectivity index (χ1v) is 8.57. The zero-order valence-corrected chi connectivity index (χ0v) is 14.1. The van der Waals surface area contributed by atoms with Crippen molar-refractivity contribution in [3.05, 3.63) is 62.1 Å². The Morgan fingerprint density at radius 3 is 2.74 bits per heavy atom. The van der Waals surface area contributed by atoms with Gasteiger partial charge in [0.1, 0.15) is 24.4 Å². The zero-order valence-electron chi connectivity index (χ0n) is 13.3. The standard InChI is InChI=1S/C18H19NO3S/c1-3-12-7-15-13(8-18(21)22-17(15)9-16(12)20)10-19(2)11-14-5-4-6-23-14/h4-9,20H,3,10-11H2,1-2H3/p+1. The molecule has 0 radical (unpaired) electrons. The minimum Gasteiger partial charge on any atom is -0.508 e. The molecule has 0 saturated carbocycles. The highest BCUT2D eigenvalue weighted by Crippen LogP contribution is 2.26. The summed E-state index contributed by atoms with van der Waals surface area (Å²) >= 11 is 1.74. The Kier molecular flexibility index (Phi) is 4.50. The lowest BCUT2D eigenvalue weighted by Crippen LogP contribution is -3.06. The summed E-state index contributed by atoms with van der Waals surface area (Å²) in [7, 11) is 2.11. The quantitative estimate of drug-likeness (QED) is 0.706. The van der Waals surface area contributed by atoms with Gasteiger partial charge in [0, 0.05) is 23.1 Å². The molecule has 0 amide bonds. The summed E-state index contributed by atoms with van der Waals surface area (Å²) in [6, 6.07) is 9.22. The second-order valence-electron chi connectivity index (χ2n) is 5.81. The van der Waals surface area contributed by atoms with Crippen LogP contribution in [0.4, 0.5) is 0 Å². The Morgan fingerprint density at radius 1 is 1.22 bits per heavy atom. The summed E-state index contributed by atoms with van der Waals surface area (Å²) in [4.78, 5) is 14.4. The molecule has 2 heterocycles. The third-order valence-electron chi connectivity index (χ3n) is 3.96. The summed E-state index contributed by atoms with van der Waals surface area (Å²) in [5.41, 5.74) is 1.90. The molecule has 0 bridgehead atoms. The summed E-state index contributed by atoms with van der Waals surface area (Å²) in [6.45, 7) is 3.64. The molecule has 1 atom stereocenters. The Hall–Kier alpha value is -2.11. The molecule has 4 nitrogen and oxygen atoms in total. The minimum atomic E-state index is -0.375. The molecule has 0 aliphatic rings. The summed E-state index contributed by atoms with van der Waals surface area (Å²) in [5.74, 6) is 0.180. The van der Waals surface area contributed by atoms with Crippen molar-refractivity contribution in [2.75, 3.05) is 7.05 Å². The Morgan fingerprint density at radius 2 is 2.04 bits per heavy atom. The van der Waals surface area contributed by atoms with Gasteiger partial charge in [0.2, 0.25) is 0 Å². The fraction of sp³-hybridized carbons (Fsp3) is 0.278. The van der Waals surface area contributed by atoms with E-state index in [9.17, 15) is 9.90 Å². The molecule has 3 aromatic rings. The third-order valence-corrected chi connectivity index (χ3v) is 4.84. The van der Waals surface area contributed by atoms with E-state index in [1.807, 2.05) is 13.0 Å². The second-order valence-corrected chi connectivity index (χ2v) is 6.84. The lowest BCUT2D eigenvalue weighted by molar-refractivity contribution is -0.907. The van der Waals surface area contributed by atoms with E-state index in [0.29, 0.717) is 5.58 Å². The van der Waals surface area contributed by atoms with Crippen LogP contribution in [0.2, 0.25) is 0 Å². The van der Waals surface area contributed by atoms with Gasteiger partial charge in [0.05, 0.1) is 11.9 Å². The number of fused-ring (bicyclic) bond motifs is 1. The van der Waals surface area contributed by atoms with Crippen LogP contribution in [0.25, 0.3) is 11.0 Å². The van der Waals surface area contributed by atoms with Crippen molar-refractivity contribution in [1.29, 1.82) is 0 Å². The second kappa shape index (κ2) is 6.56. The maximum atomic E-state index is 11.8. The van der Waals surface area contributed by atoms with Gasteiger partial charge < -0.3 is 14.4 Å².